The zero-order valence-corrected chi connectivity index (χ0v) is 10.5. The molecule has 0 saturated heterocycles. The molecule has 0 fully saturated rings. The van der Waals surface area contributed by atoms with E-state index in [2.05, 4.69) is 34.7 Å². The zero-order valence-electron chi connectivity index (χ0n) is 9.76. The molecular formula is C11H14ClN5. The van der Waals surface area contributed by atoms with E-state index in [-0.39, 0.29) is 0 Å². The molecule has 6 heteroatoms. The molecule has 0 spiro atoms. The van der Waals surface area contributed by atoms with Crippen LogP contribution in [0.25, 0.3) is 5.69 Å². The number of hydrogen-bond donors (Lipinski definition) is 1. The lowest BCUT2D eigenvalue weighted by Gasteiger charge is -2.15. The molecule has 2 aromatic rings. The highest BCUT2D eigenvalue weighted by atomic mass is 35.5. The largest absolute Gasteiger partial charge is 0.381 e. The number of nitrogens with one attached hydrogen (secondary N) is 1. The highest BCUT2D eigenvalue weighted by Crippen LogP contribution is 2.25. The van der Waals surface area contributed by atoms with Gasteiger partial charge < -0.3 is 5.32 Å². The van der Waals surface area contributed by atoms with E-state index in [1.165, 1.54) is 0 Å². The molecule has 90 valence electrons. The van der Waals surface area contributed by atoms with Crippen LogP contribution in [0.2, 0.25) is 5.02 Å². The van der Waals surface area contributed by atoms with Crippen molar-refractivity contribution in [2.24, 2.45) is 0 Å². The summed E-state index contributed by atoms with van der Waals surface area (Å²) < 4.78 is 1.60. The summed E-state index contributed by atoms with van der Waals surface area (Å²) in [4.78, 5) is 0. The smallest absolute Gasteiger partial charge is 0.143 e. The Morgan fingerprint density at radius 3 is 2.94 bits per heavy atom. The monoisotopic (exact) mass is 251 g/mol. The third-order valence-electron chi connectivity index (χ3n) is 2.58. The molecule has 0 amide bonds. The van der Waals surface area contributed by atoms with Gasteiger partial charge in [-0.05, 0) is 42.0 Å². The lowest BCUT2D eigenvalue weighted by molar-refractivity contribution is 0.762. The molecule has 1 aromatic carbocycles. The molecule has 0 aliphatic carbocycles. The van der Waals surface area contributed by atoms with E-state index >= 15 is 0 Å². The predicted molar refractivity (Wildman–Crippen MR) is 67.5 cm³/mol. The van der Waals surface area contributed by atoms with Crippen molar-refractivity contribution in [2.45, 2.75) is 26.3 Å². The molecule has 0 radical (unpaired) electrons. The van der Waals surface area contributed by atoms with Crippen LogP contribution in [-0.2, 0) is 0 Å². The third-order valence-corrected chi connectivity index (χ3v) is 2.91. The second-order valence-corrected chi connectivity index (χ2v) is 4.28. The van der Waals surface area contributed by atoms with Crippen molar-refractivity contribution < 1.29 is 0 Å². The van der Waals surface area contributed by atoms with Gasteiger partial charge in [-0.2, -0.15) is 0 Å². The zero-order chi connectivity index (χ0) is 12.3. The van der Waals surface area contributed by atoms with E-state index in [4.69, 9.17) is 11.6 Å². The Balaban J connectivity index is 2.29. The van der Waals surface area contributed by atoms with Crippen LogP contribution in [0.15, 0.2) is 24.5 Å². The van der Waals surface area contributed by atoms with Crippen molar-refractivity contribution >= 4 is 17.3 Å². The maximum Gasteiger partial charge on any atom is 0.143 e. The van der Waals surface area contributed by atoms with E-state index in [0.717, 1.165) is 17.8 Å². The number of aromatic nitrogens is 4. The van der Waals surface area contributed by atoms with Crippen molar-refractivity contribution in [1.29, 1.82) is 0 Å². The van der Waals surface area contributed by atoms with E-state index in [9.17, 15) is 0 Å². The number of benzene rings is 1. The molecule has 0 aliphatic rings. The second kappa shape index (κ2) is 5.14. The van der Waals surface area contributed by atoms with Gasteiger partial charge in [0.05, 0.1) is 16.4 Å². The summed E-state index contributed by atoms with van der Waals surface area (Å²) in [6, 6.07) is 6.02. The Labute approximate surface area is 105 Å². The van der Waals surface area contributed by atoms with E-state index < -0.39 is 0 Å². The third kappa shape index (κ3) is 2.74. The molecule has 2 rings (SSSR count). The lowest BCUT2D eigenvalue weighted by Crippen LogP contribution is -2.14. The molecule has 0 saturated carbocycles. The molecule has 17 heavy (non-hydrogen) atoms. The first kappa shape index (κ1) is 11.9. The fourth-order valence-corrected chi connectivity index (χ4v) is 1.59. The molecule has 5 nitrogen and oxygen atoms in total. The van der Waals surface area contributed by atoms with Crippen LogP contribution in [0.1, 0.15) is 20.3 Å². The maximum atomic E-state index is 6.14. The molecule has 1 unspecified atom stereocenters. The minimum Gasteiger partial charge on any atom is -0.381 e. The summed E-state index contributed by atoms with van der Waals surface area (Å²) >= 11 is 6.14. The Morgan fingerprint density at radius 1 is 1.47 bits per heavy atom. The first-order valence-electron chi connectivity index (χ1n) is 5.50. The van der Waals surface area contributed by atoms with Crippen LogP contribution in [0.4, 0.5) is 5.69 Å². The highest BCUT2D eigenvalue weighted by molar-refractivity contribution is 6.33. The van der Waals surface area contributed by atoms with Crippen molar-refractivity contribution in [3.63, 3.8) is 0 Å². The summed E-state index contributed by atoms with van der Waals surface area (Å²) in [7, 11) is 0. The van der Waals surface area contributed by atoms with Gasteiger partial charge in [0.25, 0.3) is 0 Å². The van der Waals surface area contributed by atoms with Gasteiger partial charge in [-0.3, -0.25) is 0 Å². The van der Waals surface area contributed by atoms with Crippen LogP contribution >= 0.6 is 11.6 Å². The van der Waals surface area contributed by atoms with Gasteiger partial charge >= 0.3 is 0 Å². The fourth-order valence-electron chi connectivity index (χ4n) is 1.41. The summed E-state index contributed by atoms with van der Waals surface area (Å²) in [5.41, 5.74) is 1.78. The maximum absolute atomic E-state index is 6.14. The Hall–Kier alpha value is -1.62. The first-order chi connectivity index (χ1) is 8.20. The number of hydrogen-bond acceptors (Lipinski definition) is 4. The van der Waals surface area contributed by atoms with Gasteiger partial charge in [0.1, 0.15) is 6.33 Å². The first-order valence-corrected chi connectivity index (χ1v) is 5.88. The lowest BCUT2D eigenvalue weighted by atomic mass is 10.2. The summed E-state index contributed by atoms with van der Waals surface area (Å²) in [6.45, 7) is 4.23. The highest BCUT2D eigenvalue weighted by Gasteiger charge is 2.06. The van der Waals surface area contributed by atoms with Crippen molar-refractivity contribution in [3.8, 4) is 5.69 Å². The standard InChI is InChI=1S/C11H14ClN5/c1-3-8(2)14-11-6-9(4-5-10(11)12)17-7-13-15-16-17/h4-8,14H,3H2,1-2H3. The van der Waals surface area contributed by atoms with Crippen LogP contribution in [0, 0.1) is 0 Å². The predicted octanol–water partition coefficient (Wildman–Crippen LogP) is 2.53. The molecule has 0 bridgehead atoms. The van der Waals surface area contributed by atoms with Crippen molar-refractivity contribution in [1.82, 2.24) is 20.2 Å². The van der Waals surface area contributed by atoms with E-state index in [0.29, 0.717) is 11.1 Å². The topological polar surface area (TPSA) is 55.6 Å². The normalized spacial score (nSPS) is 12.4. The molecule has 1 N–H and O–H groups in total. The molecule has 1 heterocycles. The molecule has 0 aliphatic heterocycles. The average Bonchev–Trinajstić information content (AvgIpc) is 2.85. The van der Waals surface area contributed by atoms with E-state index in [1.54, 1.807) is 11.0 Å². The number of rotatable bonds is 4. The minimum absolute atomic E-state index is 0.372. The van der Waals surface area contributed by atoms with Crippen LogP contribution in [0.5, 0.6) is 0 Å². The fraction of sp³-hybridized carbons (Fsp3) is 0.364. The van der Waals surface area contributed by atoms with Crippen LogP contribution < -0.4 is 5.32 Å². The Morgan fingerprint density at radius 2 is 2.29 bits per heavy atom. The quantitative estimate of drug-likeness (QED) is 0.907. The van der Waals surface area contributed by atoms with E-state index in [1.807, 2.05) is 18.2 Å². The minimum atomic E-state index is 0.372. The average molecular weight is 252 g/mol. The second-order valence-electron chi connectivity index (χ2n) is 3.87. The Bertz CT molecular complexity index is 483. The number of halogens is 1. The van der Waals surface area contributed by atoms with Gasteiger partial charge in [0.15, 0.2) is 0 Å². The number of nitrogens with zero attached hydrogens (tertiary/aromatic N) is 4. The molecule has 1 atom stereocenters. The van der Waals surface area contributed by atoms with Crippen molar-refractivity contribution in [2.75, 3.05) is 5.32 Å². The van der Waals surface area contributed by atoms with Gasteiger partial charge in [-0.25, -0.2) is 4.68 Å². The Kier molecular flexibility index (Phi) is 3.58. The summed E-state index contributed by atoms with van der Waals surface area (Å²) in [6.07, 6.45) is 2.59. The number of tetrazole rings is 1. The van der Waals surface area contributed by atoms with Gasteiger partial charge in [-0.15, -0.1) is 5.10 Å². The van der Waals surface area contributed by atoms with Gasteiger partial charge in [0, 0.05) is 6.04 Å². The molecular weight excluding hydrogens is 238 g/mol. The van der Waals surface area contributed by atoms with Crippen molar-refractivity contribution in [3.05, 3.63) is 29.5 Å². The SMILES string of the molecule is CCC(C)Nc1cc(-n2cnnn2)ccc1Cl. The van der Waals surface area contributed by atoms with Crippen LogP contribution in [-0.4, -0.2) is 26.2 Å². The van der Waals surface area contributed by atoms with Gasteiger partial charge in [-0.1, -0.05) is 18.5 Å². The number of anilines is 1. The molecule has 1 aromatic heterocycles. The summed E-state index contributed by atoms with van der Waals surface area (Å²) in [5.74, 6) is 0. The van der Waals surface area contributed by atoms with Crippen LogP contribution in [0.3, 0.4) is 0 Å². The van der Waals surface area contributed by atoms with Gasteiger partial charge in [0.2, 0.25) is 0 Å². The summed E-state index contributed by atoms with van der Waals surface area (Å²) in [5, 5.41) is 15.1.